The number of benzene rings is 2. The van der Waals surface area contributed by atoms with Gasteiger partial charge in [-0.15, -0.1) is 0 Å². The molecule has 0 bridgehead atoms. The zero-order valence-electron chi connectivity index (χ0n) is 13.8. The van der Waals surface area contributed by atoms with E-state index < -0.39 is 12.6 Å². The van der Waals surface area contributed by atoms with Crippen LogP contribution in [0.25, 0.3) is 0 Å². The van der Waals surface area contributed by atoms with Crippen LogP contribution in [0.4, 0.5) is 0 Å². The molecule has 0 radical (unpaired) electrons. The Kier molecular flexibility index (Phi) is 4.88. The summed E-state index contributed by atoms with van der Waals surface area (Å²) >= 11 is 0. The summed E-state index contributed by atoms with van der Waals surface area (Å²) in [5.74, 6) is 0.227. The first-order chi connectivity index (χ1) is 12.0. The van der Waals surface area contributed by atoms with E-state index in [1.807, 2.05) is 24.3 Å². The molecule has 2 atom stereocenters. The molecule has 0 spiro atoms. The number of hydrogen-bond acceptors (Lipinski definition) is 4. The van der Waals surface area contributed by atoms with Crippen LogP contribution < -0.4 is 14.8 Å². The molecule has 2 N–H and O–H groups in total. The molecular formula is C19H19NO5. The van der Waals surface area contributed by atoms with Gasteiger partial charge in [-0.05, 0) is 30.3 Å². The van der Waals surface area contributed by atoms with Gasteiger partial charge in [0.25, 0.3) is 5.91 Å². The summed E-state index contributed by atoms with van der Waals surface area (Å²) in [7, 11) is 0. The highest BCUT2D eigenvalue weighted by Gasteiger charge is 2.30. The summed E-state index contributed by atoms with van der Waals surface area (Å²) in [6.07, 6.45) is -0.0977. The average molecular weight is 341 g/mol. The minimum Gasteiger partial charge on any atom is -0.488 e. The molecule has 2 aromatic carbocycles. The van der Waals surface area contributed by atoms with Crippen LogP contribution >= 0.6 is 0 Å². The lowest BCUT2D eigenvalue weighted by atomic mass is 9.97. The summed E-state index contributed by atoms with van der Waals surface area (Å²) in [5.41, 5.74) is 1.63. The Morgan fingerprint density at radius 1 is 1.16 bits per heavy atom. The number of nitrogens with one attached hydrogen (secondary N) is 1. The number of fused-ring (bicyclic) bond motifs is 1. The molecule has 0 aliphatic carbocycles. The van der Waals surface area contributed by atoms with Crippen molar-refractivity contribution in [3.05, 3.63) is 59.7 Å². The fraction of sp³-hybridized carbons (Fsp3) is 0.263. The molecular weight excluding hydrogens is 322 g/mol. The number of hydrogen-bond donors (Lipinski definition) is 2. The smallest absolute Gasteiger partial charge is 0.341 e. The van der Waals surface area contributed by atoms with Crippen molar-refractivity contribution in [3.8, 4) is 11.5 Å². The van der Waals surface area contributed by atoms with Crippen molar-refractivity contribution in [2.75, 3.05) is 13.2 Å². The average Bonchev–Trinajstić information content (AvgIpc) is 2.94. The van der Waals surface area contributed by atoms with Crippen LogP contribution in [0.15, 0.2) is 48.5 Å². The van der Waals surface area contributed by atoms with E-state index in [2.05, 4.69) is 12.2 Å². The maximum atomic E-state index is 12.3. The van der Waals surface area contributed by atoms with E-state index in [0.29, 0.717) is 17.9 Å². The van der Waals surface area contributed by atoms with Crippen LogP contribution in [-0.2, 0) is 4.79 Å². The van der Waals surface area contributed by atoms with Gasteiger partial charge in [0.1, 0.15) is 17.6 Å². The van der Waals surface area contributed by atoms with Crippen LogP contribution in [0, 0.1) is 0 Å². The summed E-state index contributed by atoms with van der Waals surface area (Å²) in [5, 5.41) is 11.5. The van der Waals surface area contributed by atoms with Crippen LogP contribution in [0.5, 0.6) is 11.5 Å². The summed E-state index contributed by atoms with van der Waals surface area (Å²) in [6, 6.07) is 14.2. The van der Waals surface area contributed by atoms with Gasteiger partial charge in [-0.2, -0.15) is 0 Å². The topological polar surface area (TPSA) is 84.9 Å². The van der Waals surface area contributed by atoms with E-state index in [9.17, 15) is 9.59 Å². The first kappa shape index (κ1) is 16.8. The Bertz CT molecular complexity index is 772. The molecule has 6 heteroatoms. The highest BCUT2D eigenvalue weighted by atomic mass is 16.5. The minimum atomic E-state index is -1.05. The SMILES string of the molecule is C[C@H]1c2ccccc2O[C@H]1CNC(=O)c1ccc(OCC(=O)O)cc1. The van der Waals surface area contributed by atoms with Gasteiger partial charge in [-0.1, -0.05) is 25.1 Å². The van der Waals surface area contributed by atoms with Gasteiger partial charge in [0.2, 0.25) is 0 Å². The maximum absolute atomic E-state index is 12.3. The zero-order valence-corrected chi connectivity index (χ0v) is 13.8. The Labute approximate surface area is 145 Å². The number of para-hydroxylation sites is 1. The fourth-order valence-corrected chi connectivity index (χ4v) is 2.79. The molecule has 2 aromatic rings. The Balaban J connectivity index is 1.54. The number of carboxylic acid groups (broad SMARTS) is 1. The quantitative estimate of drug-likeness (QED) is 0.843. The van der Waals surface area contributed by atoms with Crippen LogP contribution in [0.1, 0.15) is 28.8 Å². The van der Waals surface area contributed by atoms with Crippen LogP contribution in [-0.4, -0.2) is 36.2 Å². The van der Waals surface area contributed by atoms with Gasteiger partial charge >= 0.3 is 5.97 Å². The van der Waals surface area contributed by atoms with Crippen molar-refractivity contribution < 1.29 is 24.2 Å². The van der Waals surface area contributed by atoms with Crippen molar-refractivity contribution >= 4 is 11.9 Å². The molecule has 25 heavy (non-hydrogen) atoms. The highest BCUT2D eigenvalue weighted by molar-refractivity contribution is 5.94. The van der Waals surface area contributed by atoms with Gasteiger partial charge < -0.3 is 19.9 Å². The number of rotatable bonds is 6. The second-order valence-corrected chi connectivity index (χ2v) is 5.90. The number of carbonyl (C=O) groups is 2. The third-order valence-corrected chi connectivity index (χ3v) is 4.19. The van der Waals surface area contributed by atoms with Crippen LogP contribution in [0.3, 0.4) is 0 Å². The standard InChI is InChI=1S/C19H19NO5/c1-12-15-4-2-3-5-16(15)25-17(12)10-20-19(23)13-6-8-14(9-7-13)24-11-18(21)22/h2-9,12,17H,10-11H2,1H3,(H,20,23)(H,21,22)/t12-,17-/m0/s1. The number of ether oxygens (including phenoxy) is 2. The Hall–Kier alpha value is -3.02. The van der Waals surface area contributed by atoms with Crippen molar-refractivity contribution in [1.82, 2.24) is 5.32 Å². The molecule has 0 unspecified atom stereocenters. The number of carboxylic acids is 1. The second kappa shape index (κ2) is 7.25. The number of carbonyl (C=O) groups excluding carboxylic acids is 1. The van der Waals surface area contributed by atoms with Gasteiger partial charge in [0, 0.05) is 17.0 Å². The normalized spacial score (nSPS) is 18.1. The van der Waals surface area contributed by atoms with Crippen molar-refractivity contribution in [3.63, 3.8) is 0 Å². The molecule has 1 aliphatic rings. The maximum Gasteiger partial charge on any atom is 0.341 e. The summed E-state index contributed by atoms with van der Waals surface area (Å²) in [6.45, 7) is 2.08. The Morgan fingerprint density at radius 3 is 2.56 bits per heavy atom. The molecule has 1 amide bonds. The molecule has 0 fully saturated rings. The van der Waals surface area contributed by atoms with E-state index >= 15 is 0 Å². The first-order valence-corrected chi connectivity index (χ1v) is 8.03. The molecule has 1 heterocycles. The van der Waals surface area contributed by atoms with Gasteiger partial charge in [-0.25, -0.2) is 4.79 Å². The largest absolute Gasteiger partial charge is 0.488 e. The number of amides is 1. The predicted octanol–water partition coefficient (Wildman–Crippen LogP) is 2.44. The third kappa shape index (κ3) is 3.91. The summed E-state index contributed by atoms with van der Waals surface area (Å²) < 4.78 is 10.9. The number of aliphatic carboxylic acids is 1. The van der Waals surface area contributed by atoms with Gasteiger partial charge in [-0.3, -0.25) is 4.79 Å². The van der Waals surface area contributed by atoms with Gasteiger partial charge in [0.05, 0.1) is 6.54 Å². The molecule has 0 saturated heterocycles. The molecule has 0 saturated carbocycles. The lowest BCUT2D eigenvalue weighted by Gasteiger charge is -2.16. The third-order valence-electron chi connectivity index (χ3n) is 4.19. The van der Waals surface area contributed by atoms with E-state index in [-0.39, 0.29) is 17.9 Å². The molecule has 130 valence electrons. The first-order valence-electron chi connectivity index (χ1n) is 8.03. The molecule has 1 aliphatic heterocycles. The van der Waals surface area contributed by atoms with Gasteiger partial charge in [0.15, 0.2) is 6.61 Å². The van der Waals surface area contributed by atoms with Crippen LogP contribution in [0.2, 0.25) is 0 Å². The fourth-order valence-electron chi connectivity index (χ4n) is 2.79. The lowest BCUT2D eigenvalue weighted by molar-refractivity contribution is -0.139. The molecule has 6 nitrogen and oxygen atoms in total. The second-order valence-electron chi connectivity index (χ2n) is 5.90. The van der Waals surface area contributed by atoms with E-state index in [4.69, 9.17) is 14.6 Å². The van der Waals surface area contributed by atoms with Crippen molar-refractivity contribution in [2.24, 2.45) is 0 Å². The lowest BCUT2D eigenvalue weighted by Crippen LogP contribution is -2.35. The monoisotopic (exact) mass is 341 g/mol. The van der Waals surface area contributed by atoms with Crippen molar-refractivity contribution in [2.45, 2.75) is 18.9 Å². The van der Waals surface area contributed by atoms with Crippen molar-refractivity contribution in [1.29, 1.82) is 0 Å². The molecule has 0 aromatic heterocycles. The zero-order chi connectivity index (χ0) is 17.8. The predicted molar refractivity (Wildman–Crippen MR) is 91.2 cm³/mol. The van der Waals surface area contributed by atoms with E-state index in [1.54, 1.807) is 24.3 Å². The van der Waals surface area contributed by atoms with E-state index in [0.717, 1.165) is 11.3 Å². The summed E-state index contributed by atoms with van der Waals surface area (Å²) in [4.78, 5) is 22.7. The minimum absolute atomic E-state index is 0.0977. The highest BCUT2D eigenvalue weighted by Crippen LogP contribution is 2.37. The Morgan fingerprint density at radius 2 is 1.88 bits per heavy atom. The van der Waals surface area contributed by atoms with E-state index in [1.165, 1.54) is 0 Å². The molecule has 3 rings (SSSR count).